The zero-order chi connectivity index (χ0) is 12.2. The molecule has 0 atom stereocenters. The van der Waals surface area contributed by atoms with Gasteiger partial charge in [-0.25, -0.2) is 4.79 Å². The smallest absolute Gasteiger partial charge is 0.330 e. The summed E-state index contributed by atoms with van der Waals surface area (Å²) in [6.45, 7) is 7.18. The molecule has 16 heavy (non-hydrogen) atoms. The van der Waals surface area contributed by atoms with Crippen LogP contribution in [0.15, 0.2) is 25.3 Å². The predicted octanol–water partition coefficient (Wildman–Crippen LogP) is 2.81. The molecule has 90 valence electrons. The fourth-order valence-corrected chi connectivity index (χ4v) is 1.27. The average molecular weight is 224 g/mol. The van der Waals surface area contributed by atoms with Crippen molar-refractivity contribution in [3.63, 3.8) is 0 Å². The summed E-state index contributed by atoms with van der Waals surface area (Å²) in [6, 6.07) is 0. The first-order chi connectivity index (χ1) is 7.70. The van der Waals surface area contributed by atoms with Crippen LogP contribution in [0.1, 0.15) is 38.5 Å². The number of carbonyl (C=O) groups excluding carboxylic acids is 2. The molecule has 0 N–H and O–H groups in total. The Hall–Kier alpha value is -1.38. The molecule has 0 aromatic heterocycles. The van der Waals surface area contributed by atoms with Crippen molar-refractivity contribution in [3.8, 4) is 0 Å². The lowest BCUT2D eigenvalue weighted by Gasteiger charge is -2.01. The predicted molar refractivity (Wildman–Crippen MR) is 64.1 cm³/mol. The summed E-state index contributed by atoms with van der Waals surface area (Å²) < 4.78 is 4.83. The zero-order valence-electron chi connectivity index (χ0n) is 9.74. The van der Waals surface area contributed by atoms with Gasteiger partial charge >= 0.3 is 5.97 Å². The second-order valence-corrected chi connectivity index (χ2v) is 3.56. The molecule has 3 nitrogen and oxygen atoms in total. The third kappa shape index (κ3) is 9.19. The molecule has 0 aliphatic heterocycles. The highest BCUT2D eigenvalue weighted by atomic mass is 16.5. The van der Waals surface area contributed by atoms with Crippen molar-refractivity contribution >= 4 is 11.8 Å². The highest BCUT2D eigenvalue weighted by Gasteiger charge is 1.97. The number of rotatable bonds is 10. The van der Waals surface area contributed by atoms with Crippen LogP contribution in [0.3, 0.4) is 0 Å². The lowest BCUT2D eigenvalue weighted by atomic mass is 10.1. The highest BCUT2D eigenvalue weighted by Crippen LogP contribution is 2.06. The molecule has 0 aromatic rings. The number of hydrogen-bond donors (Lipinski definition) is 0. The van der Waals surface area contributed by atoms with Crippen LogP contribution >= 0.6 is 0 Å². The largest absolute Gasteiger partial charge is 0.463 e. The molecule has 0 amide bonds. The summed E-state index contributed by atoms with van der Waals surface area (Å²) in [5.41, 5.74) is 0. The number of carbonyl (C=O) groups is 2. The van der Waals surface area contributed by atoms with Gasteiger partial charge in [0, 0.05) is 12.5 Å². The molecule has 0 rings (SSSR count). The Morgan fingerprint density at radius 1 is 0.938 bits per heavy atom. The zero-order valence-corrected chi connectivity index (χ0v) is 9.74. The lowest BCUT2D eigenvalue weighted by molar-refractivity contribution is -0.137. The fourth-order valence-electron chi connectivity index (χ4n) is 1.27. The van der Waals surface area contributed by atoms with Gasteiger partial charge in [-0.3, -0.25) is 4.79 Å². The normalized spacial score (nSPS) is 9.50. The van der Waals surface area contributed by atoms with Crippen LogP contribution in [-0.4, -0.2) is 18.4 Å². The summed E-state index contributed by atoms with van der Waals surface area (Å²) in [7, 11) is 0. The standard InChI is InChI=1S/C13H20O3/c1-3-12(14)10-8-6-5-7-9-11-16-13(15)4-2/h3-4H,1-2,5-11H2. The number of hydrogen-bond acceptors (Lipinski definition) is 3. The monoisotopic (exact) mass is 224 g/mol. The molecule has 3 heteroatoms. The molecule has 0 saturated carbocycles. The van der Waals surface area contributed by atoms with E-state index in [9.17, 15) is 9.59 Å². The van der Waals surface area contributed by atoms with Gasteiger partial charge in [0.25, 0.3) is 0 Å². The summed E-state index contributed by atoms with van der Waals surface area (Å²) in [5, 5.41) is 0. The SMILES string of the molecule is C=CC(=O)CCCCCCCOC(=O)C=C. The molecular formula is C13H20O3. The van der Waals surface area contributed by atoms with Gasteiger partial charge in [0.1, 0.15) is 0 Å². The number of ketones is 1. The van der Waals surface area contributed by atoms with Gasteiger partial charge < -0.3 is 4.74 Å². The number of allylic oxidation sites excluding steroid dienone is 1. The minimum absolute atomic E-state index is 0.111. The van der Waals surface area contributed by atoms with E-state index in [4.69, 9.17) is 4.74 Å². The van der Waals surface area contributed by atoms with Gasteiger partial charge in [-0.2, -0.15) is 0 Å². The van der Waals surface area contributed by atoms with Crippen LogP contribution in [0.4, 0.5) is 0 Å². The molecule has 0 spiro atoms. The fraction of sp³-hybridized carbons (Fsp3) is 0.538. The lowest BCUT2D eigenvalue weighted by Crippen LogP contribution is -2.01. The number of esters is 1. The van der Waals surface area contributed by atoms with Gasteiger partial charge in [0.05, 0.1) is 6.61 Å². The van der Waals surface area contributed by atoms with Crippen molar-refractivity contribution in [3.05, 3.63) is 25.3 Å². The molecule has 0 aliphatic rings. The molecule has 0 bridgehead atoms. The maximum Gasteiger partial charge on any atom is 0.330 e. The Bertz CT molecular complexity index is 218. The summed E-state index contributed by atoms with van der Waals surface area (Å²) in [6.07, 6.45) is 8.04. The second kappa shape index (κ2) is 10.1. The maximum absolute atomic E-state index is 10.9. The van der Waals surface area contributed by atoms with E-state index in [-0.39, 0.29) is 11.8 Å². The quantitative estimate of drug-likeness (QED) is 0.325. The van der Waals surface area contributed by atoms with E-state index in [0.29, 0.717) is 13.0 Å². The third-order valence-electron chi connectivity index (χ3n) is 2.21. The molecule has 0 heterocycles. The minimum atomic E-state index is -0.364. The van der Waals surface area contributed by atoms with E-state index in [2.05, 4.69) is 13.2 Å². The first-order valence-electron chi connectivity index (χ1n) is 5.65. The third-order valence-corrected chi connectivity index (χ3v) is 2.21. The Labute approximate surface area is 97.2 Å². The number of unbranched alkanes of at least 4 members (excludes halogenated alkanes) is 4. The first kappa shape index (κ1) is 14.6. The maximum atomic E-state index is 10.9. The van der Waals surface area contributed by atoms with E-state index in [1.807, 2.05) is 0 Å². The van der Waals surface area contributed by atoms with Crippen LogP contribution in [-0.2, 0) is 14.3 Å². The summed E-state index contributed by atoms with van der Waals surface area (Å²) in [4.78, 5) is 21.5. The van der Waals surface area contributed by atoms with Crippen LogP contribution in [0, 0.1) is 0 Å². The average Bonchev–Trinajstić information content (AvgIpc) is 2.31. The molecule has 0 saturated heterocycles. The topological polar surface area (TPSA) is 43.4 Å². The van der Waals surface area contributed by atoms with Crippen molar-refractivity contribution < 1.29 is 14.3 Å². The van der Waals surface area contributed by atoms with E-state index in [1.165, 1.54) is 12.2 Å². The summed E-state index contributed by atoms with van der Waals surface area (Å²) >= 11 is 0. The Morgan fingerprint density at radius 2 is 1.56 bits per heavy atom. The molecule has 0 aromatic carbocycles. The molecule has 0 radical (unpaired) electrons. The van der Waals surface area contributed by atoms with Crippen LogP contribution in [0.2, 0.25) is 0 Å². The van der Waals surface area contributed by atoms with E-state index < -0.39 is 0 Å². The van der Waals surface area contributed by atoms with Crippen molar-refractivity contribution in [2.75, 3.05) is 6.61 Å². The minimum Gasteiger partial charge on any atom is -0.463 e. The van der Waals surface area contributed by atoms with Gasteiger partial charge in [0.2, 0.25) is 0 Å². The Balaban J connectivity index is 3.15. The van der Waals surface area contributed by atoms with Crippen LogP contribution in [0.25, 0.3) is 0 Å². The highest BCUT2D eigenvalue weighted by molar-refractivity contribution is 5.88. The van der Waals surface area contributed by atoms with Crippen molar-refractivity contribution in [2.24, 2.45) is 0 Å². The van der Waals surface area contributed by atoms with Crippen molar-refractivity contribution in [2.45, 2.75) is 38.5 Å². The number of ether oxygens (including phenoxy) is 1. The second-order valence-electron chi connectivity index (χ2n) is 3.56. The van der Waals surface area contributed by atoms with E-state index in [1.54, 1.807) is 0 Å². The Kier molecular flexibility index (Phi) is 9.27. The van der Waals surface area contributed by atoms with E-state index in [0.717, 1.165) is 32.1 Å². The molecular weight excluding hydrogens is 204 g/mol. The molecule has 0 aliphatic carbocycles. The first-order valence-corrected chi connectivity index (χ1v) is 5.65. The summed E-state index contributed by atoms with van der Waals surface area (Å²) in [5.74, 6) is -0.253. The van der Waals surface area contributed by atoms with Gasteiger partial charge in [-0.1, -0.05) is 32.4 Å². The molecule has 0 fully saturated rings. The van der Waals surface area contributed by atoms with Crippen molar-refractivity contribution in [1.29, 1.82) is 0 Å². The van der Waals surface area contributed by atoms with E-state index >= 15 is 0 Å². The van der Waals surface area contributed by atoms with Gasteiger partial charge in [-0.05, 0) is 18.9 Å². The van der Waals surface area contributed by atoms with Gasteiger partial charge in [0.15, 0.2) is 5.78 Å². The Morgan fingerprint density at radius 3 is 2.19 bits per heavy atom. The molecule has 0 unspecified atom stereocenters. The van der Waals surface area contributed by atoms with Crippen molar-refractivity contribution in [1.82, 2.24) is 0 Å². The van der Waals surface area contributed by atoms with Gasteiger partial charge in [-0.15, -0.1) is 0 Å². The van der Waals surface area contributed by atoms with Crippen LogP contribution < -0.4 is 0 Å². The van der Waals surface area contributed by atoms with Crippen LogP contribution in [0.5, 0.6) is 0 Å².